The predicted molar refractivity (Wildman–Crippen MR) is 89.5 cm³/mol. The first-order valence-electron chi connectivity index (χ1n) is 7.24. The van der Waals surface area contributed by atoms with Crippen molar-refractivity contribution < 1.29 is 17.9 Å². The fourth-order valence-corrected chi connectivity index (χ4v) is 2.55. The molecule has 0 atom stereocenters. The molecule has 0 aliphatic rings. The zero-order valence-corrected chi connectivity index (χ0v) is 13.9. The Hall–Kier alpha value is -2.22. The highest BCUT2D eigenvalue weighted by Gasteiger charge is 2.29. The van der Waals surface area contributed by atoms with E-state index in [0.29, 0.717) is 31.4 Å². The number of ether oxygens (including phenoxy) is 1. The van der Waals surface area contributed by atoms with Crippen molar-refractivity contribution in [2.24, 2.45) is 4.99 Å². The lowest BCUT2D eigenvalue weighted by atomic mass is 10.2. The van der Waals surface area contributed by atoms with Gasteiger partial charge < -0.3 is 15.4 Å². The van der Waals surface area contributed by atoms with Crippen molar-refractivity contribution in [2.75, 3.05) is 20.2 Å². The molecule has 0 aliphatic heterocycles. The smallest absolute Gasteiger partial charge is 0.416 e. The molecule has 0 amide bonds. The van der Waals surface area contributed by atoms with Gasteiger partial charge in [0.15, 0.2) is 5.96 Å². The molecular weight excluding hydrogens is 339 g/mol. The van der Waals surface area contributed by atoms with Crippen molar-refractivity contribution in [2.45, 2.75) is 12.7 Å². The van der Waals surface area contributed by atoms with Crippen LogP contribution in [0.5, 0.6) is 5.75 Å². The van der Waals surface area contributed by atoms with Gasteiger partial charge in [-0.1, -0.05) is 0 Å². The van der Waals surface area contributed by atoms with Crippen molar-refractivity contribution >= 4 is 17.3 Å². The number of nitrogens with zero attached hydrogens (tertiary/aromatic N) is 1. The summed E-state index contributed by atoms with van der Waals surface area (Å²) in [4.78, 5) is 4.09. The highest BCUT2D eigenvalue weighted by atomic mass is 32.1. The van der Waals surface area contributed by atoms with Crippen LogP contribution in [0.1, 0.15) is 11.1 Å². The Balaban J connectivity index is 1.69. The summed E-state index contributed by atoms with van der Waals surface area (Å²) in [6, 6.07) is 6.66. The molecule has 0 spiro atoms. The molecule has 4 nitrogen and oxygen atoms in total. The lowest BCUT2D eigenvalue weighted by molar-refractivity contribution is -0.137. The molecular formula is C16H18F3N3OS. The largest absolute Gasteiger partial charge is 0.492 e. The third kappa shape index (κ3) is 5.77. The maximum Gasteiger partial charge on any atom is 0.416 e. The van der Waals surface area contributed by atoms with Gasteiger partial charge in [-0.3, -0.25) is 4.99 Å². The van der Waals surface area contributed by atoms with Gasteiger partial charge in [0, 0.05) is 13.6 Å². The van der Waals surface area contributed by atoms with Crippen molar-refractivity contribution in [3.63, 3.8) is 0 Å². The molecule has 0 aliphatic carbocycles. The fourth-order valence-electron chi connectivity index (χ4n) is 1.88. The topological polar surface area (TPSA) is 45.7 Å². The SMILES string of the molecule is CN=C(NCCOc1ccc(C(F)(F)F)cc1)NCc1ccsc1. The van der Waals surface area contributed by atoms with E-state index in [1.54, 1.807) is 18.4 Å². The van der Waals surface area contributed by atoms with Gasteiger partial charge in [0.2, 0.25) is 0 Å². The molecule has 8 heteroatoms. The summed E-state index contributed by atoms with van der Waals surface area (Å²) in [5.41, 5.74) is 0.481. The number of thiophene rings is 1. The third-order valence-electron chi connectivity index (χ3n) is 3.11. The number of nitrogens with one attached hydrogen (secondary N) is 2. The molecule has 0 unspecified atom stereocenters. The van der Waals surface area contributed by atoms with E-state index in [1.165, 1.54) is 17.7 Å². The van der Waals surface area contributed by atoms with E-state index < -0.39 is 11.7 Å². The van der Waals surface area contributed by atoms with Gasteiger partial charge in [-0.2, -0.15) is 24.5 Å². The summed E-state index contributed by atoms with van der Waals surface area (Å²) >= 11 is 1.63. The van der Waals surface area contributed by atoms with Crippen molar-refractivity contribution in [1.82, 2.24) is 10.6 Å². The Morgan fingerprint density at radius 3 is 2.50 bits per heavy atom. The van der Waals surface area contributed by atoms with Gasteiger partial charge >= 0.3 is 6.18 Å². The summed E-state index contributed by atoms with van der Waals surface area (Å²) in [5.74, 6) is 1.03. The van der Waals surface area contributed by atoms with Crippen LogP contribution in [-0.2, 0) is 12.7 Å². The maximum absolute atomic E-state index is 12.5. The number of aliphatic imine (C=N–C) groups is 1. The predicted octanol–water partition coefficient (Wildman–Crippen LogP) is 3.51. The molecule has 0 saturated heterocycles. The summed E-state index contributed by atoms with van der Waals surface area (Å²) in [6.45, 7) is 1.46. The zero-order valence-electron chi connectivity index (χ0n) is 13.1. The minimum Gasteiger partial charge on any atom is -0.492 e. The number of hydrogen-bond donors (Lipinski definition) is 2. The molecule has 1 aromatic carbocycles. The van der Waals surface area contributed by atoms with Crippen LogP contribution in [0.15, 0.2) is 46.1 Å². The van der Waals surface area contributed by atoms with E-state index in [2.05, 4.69) is 15.6 Å². The Bertz CT molecular complexity index is 640. The van der Waals surface area contributed by atoms with E-state index in [0.717, 1.165) is 12.1 Å². The molecule has 0 radical (unpaired) electrons. The van der Waals surface area contributed by atoms with Crippen molar-refractivity contribution in [3.8, 4) is 5.75 Å². The minimum atomic E-state index is -4.33. The zero-order chi connectivity index (χ0) is 17.4. The quantitative estimate of drug-likeness (QED) is 0.472. The molecule has 2 rings (SSSR count). The van der Waals surface area contributed by atoms with Gasteiger partial charge in [0.25, 0.3) is 0 Å². The summed E-state index contributed by atoms with van der Waals surface area (Å²) in [6.07, 6.45) is -4.33. The van der Waals surface area contributed by atoms with Crippen molar-refractivity contribution in [1.29, 1.82) is 0 Å². The summed E-state index contributed by atoms with van der Waals surface area (Å²) < 4.78 is 42.8. The van der Waals surface area contributed by atoms with Gasteiger partial charge in [-0.15, -0.1) is 0 Å². The van der Waals surface area contributed by atoms with E-state index in [1.807, 2.05) is 16.8 Å². The second-order valence-corrected chi connectivity index (χ2v) is 5.63. The van der Waals surface area contributed by atoms with Crippen LogP contribution in [-0.4, -0.2) is 26.2 Å². The molecule has 1 aromatic heterocycles. The number of rotatable bonds is 6. The molecule has 1 heterocycles. The lowest BCUT2D eigenvalue weighted by Gasteiger charge is -2.12. The third-order valence-corrected chi connectivity index (χ3v) is 3.84. The molecule has 0 saturated carbocycles. The molecule has 2 N–H and O–H groups in total. The van der Waals surface area contributed by atoms with E-state index in [9.17, 15) is 13.2 Å². The first kappa shape index (κ1) is 18.1. The maximum atomic E-state index is 12.5. The van der Waals surface area contributed by atoms with Crippen LogP contribution >= 0.6 is 11.3 Å². The lowest BCUT2D eigenvalue weighted by Crippen LogP contribution is -2.38. The molecule has 24 heavy (non-hydrogen) atoms. The highest BCUT2D eigenvalue weighted by Crippen LogP contribution is 2.30. The molecule has 130 valence electrons. The van der Waals surface area contributed by atoms with E-state index in [-0.39, 0.29) is 0 Å². The Morgan fingerprint density at radius 2 is 1.92 bits per heavy atom. The normalized spacial score (nSPS) is 12.1. The van der Waals surface area contributed by atoms with Crippen LogP contribution in [0.3, 0.4) is 0 Å². The average Bonchev–Trinajstić information content (AvgIpc) is 3.07. The molecule has 0 bridgehead atoms. The van der Waals surface area contributed by atoms with Crippen LogP contribution in [0.25, 0.3) is 0 Å². The highest BCUT2D eigenvalue weighted by molar-refractivity contribution is 7.07. The fraction of sp³-hybridized carbons (Fsp3) is 0.312. The number of benzene rings is 1. The van der Waals surface area contributed by atoms with Crippen molar-refractivity contribution in [3.05, 3.63) is 52.2 Å². The molecule has 0 fully saturated rings. The van der Waals surface area contributed by atoms with Crippen LogP contribution in [0, 0.1) is 0 Å². The Labute approximate surface area is 142 Å². The summed E-state index contributed by atoms with van der Waals surface area (Å²) in [5, 5.41) is 10.3. The van der Waals surface area contributed by atoms with Gasteiger partial charge in [-0.25, -0.2) is 0 Å². The van der Waals surface area contributed by atoms with Gasteiger partial charge in [-0.05, 0) is 46.7 Å². The van der Waals surface area contributed by atoms with Crippen LogP contribution in [0.4, 0.5) is 13.2 Å². The van der Waals surface area contributed by atoms with Crippen LogP contribution < -0.4 is 15.4 Å². The minimum absolute atomic E-state index is 0.310. The van der Waals surface area contributed by atoms with Gasteiger partial charge in [0.1, 0.15) is 12.4 Å². The first-order chi connectivity index (χ1) is 11.5. The number of halogens is 3. The molecule has 2 aromatic rings. The summed E-state index contributed by atoms with van der Waals surface area (Å²) in [7, 11) is 1.67. The monoisotopic (exact) mass is 357 g/mol. The Morgan fingerprint density at radius 1 is 1.17 bits per heavy atom. The number of alkyl halides is 3. The van der Waals surface area contributed by atoms with E-state index in [4.69, 9.17) is 4.74 Å². The first-order valence-corrected chi connectivity index (χ1v) is 8.19. The second-order valence-electron chi connectivity index (χ2n) is 4.85. The Kier molecular flexibility index (Phi) is 6.48. The van der Waals surface area contributed by atoms with Crippen LogP contribution in [0.2, 0.25) is 0 Å². The number of guanidine groups is 1. The number of hydrogen-bond acceptors (Lipinski definition) is 3. The standard InChI is InChI=1S/C16H18F3N3OS/c1-20-15(22-10-12-6-9-24-11-12)21-7-8-23-14-4-2-13(3-5-14)16(17,18)19/h2-6,9,11H,7-8,10H2,1H3,(H2,20,21,22). The van der Waals surface area contributed by atoms with E-state index >= 15 is 0 Å². The second kappa shape index (κ2) is 8.58. The van der Waals surface area contributed by atoms with Gasteiger partial charge in [0.05, 0.1) is 12.1 Å². The average molecular weight is 357 g/mol.